The third-order valence-electron chi connectivity index (χ3n) is 3.90. The topological polar surface area (TPSA) is 46.2 Å². The van der Waals surface area contributed by atoms with E-state index < -0.39 is 0 Å². The molecular weight excluding hydrogens is 238 g/mol. The molecule has 3 heterocycles. The van der Waals surface area contributed by atoms with Gasteiger partial charge in [0, 0.05) is 25.4 Å². The zero-order valence-electron chi connectivity index (χ0n) is 11.5. The highest BCUT2D eigenvalue weighted by Crippen LogP contribution is 2.20. The maximum Gasteiger partial charge on any atom is 0.129 e. The van der Waals surface area contributed by atoms with Crippen LogP contribution in [0.25, 0.3) is 0 Å². The Hall–Kier alpha value is -1.13. The van der Waals surface area contributed by atoms with Gasteiger partial charge in [-0.1, -0.05) is 6.07 Å². The van der Waals surface area contributed by atoms with Crippen LogP contribution in [0.1, 0.15) is 30.5 Å². The Kier molecular flexibility index (Phi) is 4.30. The lowest BCUT2D eigenvalue weighted by atomic mass is 10.1. The lowest BCUT2D eigenvalue weighted by Crippen LogP contribution is -2.17. The molecule has 2 N–H and O–H groups in total. The SMILES string of the molecule is c1cc2c(nc1CCCOC1CCNC1)NCCC2. The van der Waals surface area contributed by atoms with Gasteiger partial charge < -0.3 is 15.4 Å². The van der Waals surface area contributed by atoms with Gasteiger partial charge in [0.1, 0.15) is 5.82 Å². The van der Waals surface area contributed by atoms with Crippen LogP contribution >= 0.6 is 0 Å². The molecule has 19 heavy (non-hydrogen) atoms. The molecule has 1 fully saturated rings. The third-order valence-corrected chi connectivity index (χ3v) is 3.90. The van der Waals surface area contributed by atoms with Gasteiger partial charge in [-0.2, -0.15) is 0 Å². The van der Waals surface area contributed by atoms with Crippen molar-refractivity contribution in [3.63, 3.8) is 0 Å². The predicted octanol–water partition coefficient (Wildman–Crippen LogP) is 1.75. The summed E-state index contributed by atoms with van der Waals surface area (Å²) in [7, 11) is 0. The molecule has 0 aromatic carbocycles. The van der Waals surface area contributed by atoms with Crippen LogP contribution in [-0.2, 0) is 17.6 Å². The number of aryl methyl sites for hydroxylation is 2. The van der Waals surface area contributed by atoms with E-state index in [1.54, 1.807) is 0 Å². The minimum absolute atomic E-state index is 0.429. The summed E-state index contributed by atoms with van der Waals surface area (Å²) in [6.07, 6.45) is 6.03. The van der Waals surface area contributed by atoms with Crippen LogP contribution < -0.4 is 10.6 Å². The van der Waals surface area contributed by atoms with E-state index in [2.05, 4.69) is 22.8 Å². The van der Waals surface area contributed by atoms with Crippen LogP contribution in [0, 0.1) is 0 Å². The first-order chi connectivity index (χ1) is 9.42. The van der Waals surface area contributed by atoms with Gasteiger partial charge in [0.25, 0.3) is 0 Å². The molecule has 0 aliphatic carbocycles. The number of hydrogen-bond acceptors (Lipinski definition) is 4. The number of nitrogens with one attached hydrogen (secondary N) is 2. The van der Waals surface area contributed by atoms with E-state index in [-0.39, 0.29) is 0 Å². The Balaban J connectivity index is 1.44. The molecule has 2 aliphatic heterocycles. The molecule has 0 amide bonds. The van der Waals surface area contributed by atoms with Crippen molar-refractivity contribution < 1.29 is 4.74 Å². The number of fused-ring (bicyclic) bond motifs is 1. The summed E-state index contributed by atoms with van der Waals surface area (Å²) in [6, 6.07) is 4.40. The zero-order valence-corrected chi connectivity index (χ0v) is 11.5. The molecule has 1 atom stereocenters. The van der Waals surface area contributed by atoms with E-state index >= 15 is 0 Å². The monoisotopic (exact) mass is 261 g/mol. The molecule has 0 saturated carbocycles. The summed E-state index contributed by atoms with van der Waals surface area (Å²) in [5, 5.41) is 6.71. The van der Waals surface area contributed by atoms with E-state index in [9.17, 15) is 0 Å². The van der Waals surface area contributed by atoms with Gasteiger partial charge in [-0.25, -0.2) is 4.98 Å². The number of aromatic nitrogens is 1. The fraction of sp³-hybridized carbons (Fsp3) is 0.667. The van der Waals surface area contributed by atoms with Crippen molar-refractivity contribution in [1.29, 1.82) is 0 Å². The summed E-state index contributed by atoms with van der Waals surface area (Å²) in [5.74, 6) is 1.10. The molecule has 0 radical (unpaired) electrons. The predicted molar refractivity (Wildman–Crippen MR) is 76.6 cm³/mol. The van der Waals surface area contributed by atoms with E-state index in [0.717, 1.165) is 57.7 Å². The number of rotatable bonds is 5. The van der Waals surface area contributed by atoms with Crippen LogP contribution in [0.3, 0.4) is 0 Å². The van der Waals surface area contributed by atoms with E-state index in [4.69, 9.17) is 9.72 Å². The van der Waals surface area contributed by atoms with Gasteiger partial charge in [-0.3, -0.25) is 0 Å². The lowest BCUT2D eigenvalue weighted by Gasteiger charge is -2.17. The van der Waals surface area contributed by atoms with Crippen LogP contribution in [0.2, 0.25) is 0 Å². The van der Waals surface area contributed by atoms with Crippen molar-refractivity contribution in [3.05, 3.63) is 23.4 Å². The largest absolute Gasteiger partial charge is 0.377 e. The van der Waals surface area contributed by atoms with Gasteiger partial charge in [-0.15, -0.1) is 0 Å². The minimum Gasteiger partial charge on any atom is -0.377 e. The molecular formula is C15H23N3O. The Morgan fingerprint density at radius 2 is 2.32 bits per heavy atom. The third kappa shape index (κ3) is 3.45. The van der Waals surface area contributed by atoms with Crippen LogP contribution in [-0.4, -0.2) is 37.3 Å². The normalized spacial score (nSPS) is 22.0. The fourth-order valence-corrected chi connectivity index (χ4v) is 2.78. The summed E-state index contributed by atoms with van der Waals surface area (Å²) in [6.45, 7) is 4.02. The fourth-order valence-electron chi connectivity index (χ4n) is 2.78. The first-order valence-electron chi connectivity index (χ1n) is 7.47. The van der Waals surface area contributed by atoms with Crippen LogP contribution in [0.15, 0.2) is 12.1 Å². The molecule has 4 heteroatoms. The van der Waals surface area contributed by atoms with Gasteiger partial charge in [-0.05, 0) is 50.3 Å². The van der Waals surface area contributed by atoms with Crippen LogP contribution in [0.5, 0.6) is 0 Å². The number of anilines is 1. The first-order valence-corrected chi connectivity index (χ1v) is 7.47. The second kappa shape index (κ2) is 6.35. The minimum atomic E-state index is 0.429. The number of hydrogen-bond donors (Lipinski definition) is 2. The number of ether oxygens (including phenoxy) is 1. The standard InChI is InChI=1S/C15H23N3O/c1-3-12-5-6-13(18-15(12)17-8-1)4-2-10-19-14-7-9-16-11-14/h5-6,14,16H,1-4,7-11H2,(H,17,18). The second-order valence-electron chi connectivity index (χ2n) is 5.43. The Labute approximate surface area is 115 Å². The molecule has 3 rings (SSSR count). The Bertz CT molecular complexity index is 416. The average Bonchev–Trinajstić information content (AvgIpc) is 2.97. The zero-order chi connectivity index (χ0) is 12.9. The molecule has 1 saturated heterocycles. The summed E-state index contributed by atoms with van der Waals surface area (Å²) < 4.78 is 5.83. The molecule has 1 aromatic rings. The van der Waals surface area contributed by atoms with Gasteiger partial charge in [0.2, 0.25) is 0 Å². The van der Waals surface area contributed by atoms with E-state index in [1.807, 2.05) is 0 Å². The maximum absolute atomic E-state index is 5.83. The van der Waals surface area contributed by atoms with Crippen molar-refractivity contribution in [1.82, 2.24) is 10.3 Å². The summed E-state index contributed by atoms with van der Waals surface area (Å²) >= 11 is 0. The molecule has 2 aliphatic rings. The Morgan fingerprint density at radius 1 is 1.32 bits per heavy atom. The highest BCUT2D eigenvalue weighted by atomic mass is 16.5. The maximum atomic E-state index is 5.83. The molecule has 1 aromatic heterocycles. The summed E-state index contributed by atoms with van der Waals surface area (Å²) in [5.41, 5.74) is 2.55. The van der Waals surface area contributed by atoms with E-state index in [1.165, 1.54) is 17.7 Å². The molecule has 0 spiro atoms. The number of pyridine rings is 1. The van der Waals surface area contributed by atoms with E-state index in [0.29, 0.717) is 6.10 Å². The van der Waals surface area contributed by atoms with Crippen molar-refractivity contribution in [2.75, 3.05) is 31.6 Å². The lowest BCUT2D eigenvalue weighted by molar-refractivity contribution is 0.0654. The quantitative estimate of drug-likeness (QED) is 0.793. The molecule has 104 valence electrons. The second-order valence-corrected chi connectivity index (χ2v) is 5.43. The highest BCUT2D eigenvalue weighted by molar-refractivity contribution is 5.46. The smallest absolute Gasteiger partial charge is 0.129 e. The van der Waals surface area contributed by atoms with Crippen LogP contribution in [0.4, 0.5) is 5.82 Å². The van der Waals surface area contributed by atoms with Gasteiger partial charge in [0.05, 0.1) is 6.10 Å². The highest BCUT2D eigenvalue weighted by Gasteiger charge is 2.14. The van der Waals surface area contributed by atoms with Gasteiger partial charge in [0.15, 0.2) is 0 Å². The summed E-state index contributed by atoms with van der Waals surface area (Å²) in [4.78, 5) is 4.70. The van der Waals surface area contributed by atoms with Crippen molar-refractivity contribution >= 4 is 5.82 Å². The Morgan fingerprint density at radius 3 is 3.21 bits per heavy atom. The first kappa shape index (κ1) is 12.9. The van der Waals surface area contributed by atoms with Gasteiger partial charge >= 0.3 is 0 Å². The molecule has 1 unspecified atom stereocenters. The molecule has 4 nitrogen and oxygen atoms in total. The van der Waals surface area contributed by atoms with Crippen molar-refractivity contribution in [2.24, 2.45) is 0 Å². The van der Waals surface area contributed by atoms with Crippen molar-refractivity contribution in [3.8, 4) is 0 Å². The number of nitrogens with zero attached hydrogens (tertiary/aromatic N) is 1. The average molecular weight is 261 g/mol. The molecule has 0 bridgehead atoms. The van der Waals surface area contributed by atoms with Crippen molar-refractivity contribution in [2.45, 2.75) is 38.2 Å².